The fourth-order valence-electron chi connectivity index (χ4n) is 1.83. The third-order valence-corrected chi connectivity index (χ3v) is 3.67. The van der Waals surface area contributed by atoms with Crippen LogP contribution in [-0.4, -0.2) is 42.0 Å². The van der Waals surface area contributed by atoms with E-state index in [1.54, 1.807) is 0 Å². The predicted octanol–water partition coefficient (Wildman–Crippen LogP) is 2.42. The van der Waals surface area contributed by atoms with Crippen LogP contribution in [0.3, 0.4) is 0 Å². The van der Waals surface area contributed by atoms with Crippen LogP contribution in [0.4, 0.5) is 27.8 Å². The molecule has 0 spiro atoms. The van der Waals surface area contributed by atoms with Crippen molar-refractivity contribution in [1.82, 2.24) is 4.57 Å². The number of nitro groups is 1. The molecule has 14 heteroatoms. The Morgan fingerprint density at radius 3 is 2.31 bits per heavy atom. The quantitative estimate of drug-likeness (QED) is 0.269. The third-order valence-electron chi connectivity index (χ3n) is 3.12. The van der Waals surface area contributed by atoms with Gasteiger partial charge in [-0.05, 0) is 11.0 Å². The van der Waals surface area contributed by atoms with E-state index in [1.807, 2.05) is 0 Å². The fraction of sp³-hybridized carbons (Fsp3) is 0.583. The first kappa shape index (κ1) is 22.0. The van der Waals surface area contributed by atoms with Crippen molar-refractivity contribution in [3.8, 4) is 0 Å². The number of rotatable bonds is 9. The van der Waals surface area contributed by atoms with Crippen LogP contribution < -0.4 is 0 Å². The number of hydrogen-bond acceptors (Lipinski definition) is 6. The Morgan fingerprint density at radius 1 is 1.27 bits per heavy atom. The van der Waals surface area contributed by atoms with Crippen LogP contribution in [0.25, 0.3) is 0 Å². The van der Waals surface area contributed by atoms with Crippen molar-refractivity contribution in [2.75, 3.05) is 6.26 Å². The fourth-order valence-corrected chi connectivity index (χ4v) is 2.16. The molecule has 8 nitrogen and oxygen atoms in total. The Bertz CT molecular complexity index is 787. The van der Waals surface area contributed by atoms with Gasteiger partial charge in [0.25, 0.3) is 10.1 Å². The van der Waals surface area contributed by atoms with E-state index in [0.29, 0.717) is 10.8 Å². The maximum Gasteiger partial charge on any atom is 0.453 e. The molecule has 0 fully saturated rings. The molecular weight excluding hydrogens is 395 g/mol. The number of Topliss-reactive ketones (excluding diaryl/α,β-unsaturated/α-hetero) is 1. The molecule has 1 heterocycles. The van der Waals surface area contributed by atoms with Crippen molar-refractivity contribution < 1.29 is 44.3 Å². The topological polar surface area (TPSA) is 109 Å². The second-order valence-corrected chi connectivity index (χ2v) is 6.88. The minimum atomic E-state index is -5.82. The molecule has 0 aliphatic rings. The van der Waals surface area contributed by atoms with Crippen molar-refractivity contribution in [3.05, 3.63) is 27.9 Å². The molecule has 0 saturated heterocycles. The van der Waals surface area contributed by atoms with E-state index in [2.05, 4.69) is 4.18 Å². The highest BCUT2D eigenvalue weighted by molar-refractivity contribution is 7.85. The highest BCUT2D eigenvalue weighted by atomic mass is 32.2. The molecule has 0 aliphatic heterocycles. The number of halogens is 5. The van der Waals surface area contributed by atoms with Gasteiger partial charge in [0.15, 0.2) is 5.78 Å². The lowest BCUT2D eigenvalue weighted by molar-refractivity contribution is -0.392. The van der Waals surface area contributed by atoms with Crippen molar-refractivity contribution in [3.63, 3.8) is 0 Å². The molecule has 0 atom stereocenters. The monoisotopic (exact) mass is 408 g/mol. The van der Waals surface area contributed by atoms with E-state index in [4.69, 9.17) is 0 Å². The summed E-state index contributed by atoms with van der Waals surface area (Å²) >= 11 is 0. The van der Waals surface area contributed by atoms with Gasteiger partial charge in [-0.15, -0.1) is 0 Å². The van der Waals surface area contributed by atoms with Crippen molar-refractivity contribution >= 4 is 21.7 Å². The molecule has 1 rings (SSSR count). The average molecular weight is 408 g/mol. The maximum absolute atomic E-state index is 12.8. The highest BCUT2D eigenvalue weighted by Crippen LogP contribution is 2.38. The van der Waals surface area contributed by atoms with E-state index >= 15 is 0 Å². The maximum atomic E-state index is 12.8. The minimum absolute atomic E-state index is 0.141. The number of aromatic nitrogens is 1. The number of carbonyl (C=O) groups is 1. The molecule has 0 radical (unpaired) electrons. The van der Waals surface area contributed by atoms with Crippen LogP contribution in [0.5, 0.6) is 0 Å². The SMILES string of the molecule is CS(=O)(=O)OCc1ccc([N+](=O)[O-])n1CC(=O)CCC(F)(F)C(F)(F)F. The van der Waals surface area contributed by atoms with Crippen molar-refractivity contribution in [2.45, 2.75) is 38.1 Å². The van der Waals surface area contributed by atoms with Gasteiger partial charge in [-0.2, -0.15) is 30.4 Å². The van der Waals surface area contributed by atoms with Crippen LogP contribution in [0.2, 0.25) is 0 Å². The summed E-state index contributed by atoms with van der Waals surface area (Å²) in [6.45, 7) is -1.57. The van der Waals surface area contributed by atoms with Gasteiger partial charge >= 0.3 is 17.9 Å². The molecule has 0 aliphatic carbocycles. The first-order valence-corrected chi connectivity index (χ1v) is 8.59. The summed E-state index contributed by atoms with van der Waals surface area (Å²) < 4.78 is 88.9. The van der Waals surface area contributed by atoms with Gasteiger partial charge in [-0.25, -0.2) is 4.57 Å². The standard InChI is InChI=1S/C12H13F5N2O6S/c1-26(23,24)25-7-8-2-3-10(19(21)22)18(8)6-9(20)4-5-11(13,14)12(15,16)17/h2-3H,4-7H2,1H3. The molecule has 0 unspecified atom stereocenters. The smallest absolute Gasteiger partial charge is 0.358 e. The summed E-state index contributed by atoms with van der Waals surface area (Å²) in [5.74, 6) is -6.88. The van der Waals surface area contributed by atoms with Crippen molar-refractivity contribution in [1.29, 1.82) is 0 Å². The number of ketones is 1. The second kappa shape index (κ2) is 7.65. The molecule has 0 amide bonds. The van der Waals surface area contributed by atoms with Crippen LogP contribution in [-0.2, 0) is 32.2 Å². The summed E-state index contributed by atoms with van der Waals surface area (Å²) in [6.07, 6.45) is -8.10. The first-order chi connectivity index (χ1) is 11.6. The van der Waals surface area contributed by atoms with E-state index < -0.39 is 64.7 Å². The zero-order valence-electron chi connectivity index (χ0n) is 13.1. The minimum Gasteiger partial charge on any atom is -0.358 e. The highest BCUT2D eigenvalue weighted by Gasteiger charge is 2.56. The number of hydrogen-bond donors (Lipinski definition) is 0. The number of nitrogens with zero attached hydrogens (tertiary/aromatic N) is 2. The zero-order valence-corrected chi connectivity index (χ0v) is 13.9. The van der Waals surface area contributed by atoms with E-state index in [1.165, 1.54) is 0 Å². The van der Waals surface area contributed by atoms with E-state index in [9.17, 15) is 45.3 Å². The molecule has 0 bridgehead atoms. The lowest BCUT2D eigenvalue weighted by Gasteiger charge is -2.18. The average Bonchev–Trinajstić information content (AvgIpc) is 2.84. The van der Waals surface area contributed by atoms with Gasteiger partial charge < -0.3 is 10.1 Å². The Balaban J connectivity index is 2.91. The third kappa shape index (κ3) is 6.01. The predicted molar refractivity (Wildman–Crippen MR) is 76.0 cm³/mol. The summed E-state index contributed by atoms with van der Waals surface area (Å²) in [6, 6.07) is 1.99. The van der Waals surface area contributed by atoms with E-state index in [0.717, 1.165) is 12.1 Å². The molecule has 0 N–H and O–H groups in total. The van der Waals surface area contributed by atoms with Gasteiger partial charge in [0.2, 0.25) is 0 Å². The summed E-state index contributed by atoms with van der Waals surface area (Å²) in [7, 11) is -3.92. The van der Waals surface area contributed by atoms with Gasteiger partial charge in [-0.1, -0.05) is 0 Å². The normalized spacial score (nSPS) is 13.0. The lowest BCUT2D eigenvalue weighted by Crippen LogP contribution is -2.36. The molecule has 0 saturated carbocycles. The van der Waals surface area contributed by atoms with Gasteiger partial charge in [-0.3, -0.25) is 8.98 Å². The Kier molecular flexibility index (Phi) is 6.46. The molecule has 148 valence electrons. The van der Waals surface area contributed by atoms with Crippen LogP contribution in [0, 0.1) is 10.1 Å². The Morgan fingerprint density at radius 2 is 1.85 bits per heavy atom. The van der Waals surface area contributed by atoms with Gasteiger partial charge in [0, 0.05) is 18.9 Å². The zero-order chi connectivity index (χ0) is 20.3. The molecule has 1 aromatic rings. The Labute approximate surface area is 143 Å². The summed E-state index contributed by atoms with van der Waals surface area (Å²) in [5.41, 5.74) is -0.141. The summed E-state index contributed by atoms with van der Waals surface area (Å²) in [5, 5.41) is 10.9. The van der Waals surface area contributed by atoms with Crippen LogP contribution >= 0.6 is 0 Å². The first-order valence-electron chi connectivity index (χ1n) is 6.77. The summed E-state index contributed by atoms with van der Waals surface area (Å²) in [4.78, 5) is 21.7. The van der Waals surface area contributed by atoms with Gasteiger partial charge in [0.05, 0.1) is 6.26 Å². The number of carbonyl (C=O) groups excluding carboxylic acids is 1. The number of alkyl halides is 5. The largest absolute Gasteiger partial charge is 0.453 e. The van der Waals surface area contributed by atoms with Crippen LogP contribution in [0.15, 0.2) is 12.1 Å². The molecule has 1 aromatic heterocycles. The lowest BCUT2D eigenvalue weighted by atomic mass is 10.1. The molecular formula is C12H13F5N2O6S. The molecule has 26 heavy (non-hydrogen) atoms. The Hall–Kier alpha value is -2.09. The molecule has 0 aromatic carbocycles. The van der Waals surface area contributed by atoms with Crippen molar-refractivity contribution in [2.24, 2.45) is 0 Å². The second-order valence-electron chi connectivity index (χ2n) is 5.23. The van der Waals surface area contributed by atoms with E-state index in [-0.39, 0.29) is 5.69 Å². The van der Waals surface area contributed by atoms with Gasteiger partial charge in [0.1, 0.15) is 18.8 Å². The van der Waals surface area contributed by atoms with Crippen LogP contribution in [0.1, 0.15) is 18.5 Å².